The third-order valence-corrected chi connectivity index (χ3v) is 3.78. The molecule has 1 fully saturated rings. The number of nitrogens with one attached hydrogen (secondary N) is 1. The fourth-order valence-electron chi connectivity index (χ4n) is 1.82. The van der Waals surface area contributed by atoms with E-state index >= 15 is 0 Å². The Morgan fingerprint density at radius 1 is 1.59 bits per heavy atom. The molecule has 17 heavy (non-hydrogen) atoms. The Morgan fingerprint density at radius 3 is 3.00 bits per heavy atom. The van der Waals surface area contributed by atoms with Crippen molar-refractivity contribution in [1.29, 1.82) is 0 Å². The number of carbonyl (C=O) groups excluding carboxylic acids is 2. The Labute approximate surface area is 104 Å². The summed E-state index contributed by atoms with van der Waals surface area (Å²) in [4.78, 5) is 24.1. The highest BCUT2D eigenvalue weighted by Gasteiger charge is 2.30. The fourth-order valence-corrected chi connectivity index (χ4v) is 2.49. The lowest BCUT2D eigenvalue weighted by Crippen LogP contribution is -2.39. The number of hydrogen-bond acceptors (Lipinski definition) is 4. The van der Waals surface area contributed by atoms with E-state index in [0.29, 0.717) is 11.5 Å². The van der Waals surface area contributed by atoms with Crippen LogP contribution in [0.15, 0.2) is 17.5 Å². The lowest BCUT2D eigenvalue weighted by atomic mass is 10.0. The number of ketones is 1. The van der Waals surface area contributed by atoms with E-state index in [9.17, 15) is 9.59 Å². The second kappa shape index (κ2) is 5.42. The summed E-state index contributed by atoms with van der Waals surface area (Å²) in [6, 6.07) is 3.58. The summed E-state index contributed by atoms with van der Waals surface area (Å²) in [5, 5.41) is 4.48. The number of ether oxygens (including phenoxy) is 1. The average molecular weight is 253 g/mol. The molecule has 2 atom stereocenters. The Kier molecular flexibility index (Phi) is 3.91. The van der Waals surface area contributed by atoms with E-state index in [0.717, 1.165) is 6.42 Å². The molecule has 0 unspecified atom stereocenters. The minimum Gasteiger partial charge on any atom is -0.368 e. The molecule has 92 valence electrons. The van der Waals surface area contributed by atoms with Crippen LogP contribution in [0, 0.1) is 5.92 Å². The predicted molar refractivity (Wildman–Crippen MR) is 65.2 cm³/mol. The van der Waals surface area contributed by atoms with Crippen molar-refractivity contribution in [2.24, 2.45) is 5.92 Å². The normalized spacial score (nSPS) is 23.6. The van der Waals surface area contributed by atoms with Crippen molar-refractivity contribution >= 4 is 23.0 Å². The van der Waals surface area contributed by atoms with Crippen LogP contribution in [0.4, 0.5) is 0 Å². The van der Waals surface area contributed by atoms with Crippen LogP contribution in [-0.2, 0) is 9.53 Å². The van der Waals surface area contributed by atoms with Crippen LogP contribution in [0.25, 0.3) is 0 Å². The Morgan fingerprint density at radius 2 is 2.41 bits per heavy atom. The molecule has 0 radical (unpaired) electrons. The van der Waals surface area contributed by atoms with Crippen LogP contribution in [0.5, 0.6) is 0 Å². The van der Waals surface area contributed by atoms with Gasteiger partial charge in [-0.15, -0.1) is 11.3 Å². The van der Waals surface area contributed by atoms with E-state index in [1.165, 1.54) is 11.3 Å². The van der Waals surface area contributed by atoms with Crippen molar-refractivity contribution in [1.82, 2.24) is 5.32 Å². The smallest absolute Gasteiger partial charge is 0.249 e. The summed E-state index contributed by atoms with van der Waals surface area (Å²) >= 11 is 1.38. The minimum atomic E-state index is -0.397. The highest BCUT2D eigenvalue weighted by atomic mass is 32.1. The molecule has 5 heteroatoms. The van der Waals surface area contributed by atoms with Gasteiger partial charge in [0.1, 0.15) is 6.10 Å². The van der Waals surface area contributed by atoms with Gasteiger partial charge < -0.3 is 10.1 Å². The summed E-state index contributed by atoms with van der Waals surface area (Å²) in [5.41, 5.74) is 0. The van der Waals surface area contributed by atoms with Gasteiger partial charge in [0.15, 0.2) is 5.78 Å². The molecule has 1 amide bonds. The van der Waals surface area contributed by atoms with Gasteiger partial charge in [-0.05, 0) is 23.8 Å². The molecule has 0 spiro atoms. The third-order valence-electron chi connectivity index (χ3n) is 2.87. The molecule has 1 aliphatic rings. The van der Waals surface area contributed by atoms with Crippen molar-refractivity contribution in [2.75, 3.05) is 13.2 Å². The van der Waals surface area contributed by atoms with Crippen molar-refractivity contribution in [2.45, 2.75) is 19.4 Å². The Balaban J connectivity index is 1.82. The van der Waals surface area contributed by atoms with Crippen LogP contribution >= 0.6 is 11.3 Å². The first kappa shape index (κ1) is 12.3. The molecule has 4 nitrogen and oxygen atoms in total. The molecule has 0 saturated carbocycles. The average Bonchev–Trinajstić information content (AvgIpc) is 2.95. The monoisotopic (exact) mass is 253 g/mol. The van der Waals surface area contributed by atoms with Gasteiger partial charge in [0.2, 0.25) is 5.91 Å². The van der Waals surface area contributed by atoms with Gasteiger partial charge in [-0.3, -0.25) is 9.59 Å². The minimum absolute atomic E-state index is 0.0475. The molecule has 2 rings (SSSR count). The number of Topliss-reactive ketones (excluding diaryl/α,β-unsaturated/α-hetero) is 1. The van der Waals surface area contributed by atoms with Crippen LogP contribution in [0.1, 0.15) is 23.0 Å². The number of amides is 1. The molecule has 2 heterocycles. The summed E-state index contributed by atoms with van der Waals surface area (Å²) in [6.07, 6.45) is 0.503. The Hall–Kier alpha value is -1.20. The summed E-state index contributed by atoms with van der Waals surface area (Å²) in [7, 11) is 0. The summed E-state index contributed by atoms with van der Waals surface area (Å²) in [6.45, 7) is 2.66. The largest absolute Gasteiger partial charge is 0.368 e. The van der Waals surface area contributed by atoms with Crippen molar-refractivity contribution in [3.05, 3.63) is 22.4 Å². The molecule has 1 aromatic rings. The molecule has 1 N–H and O–H groups in total. The molecule has 1 aliphatic heterocycles. The zero-order chi connectivity index (χ0) is 12.3. The lowest BCUT2D eigenvalue weighted by molar-refractivity contribution is -0.131. The molecule has 1 aromatic heterocycles. The van der Waals surface area contributed by atoms with Gasteiger partial charge in [0.05, 0.1) is 11.4 Å². The quantitative estimate of drug-likeness (QED) is 0.827. The van der Waals surface area contributed by atoms with Crippen LogP contribution in [-0.4, -0.2) is 30.9 Å². The van der Waals surface area contributed by atoms with Gasteiger partial charge in [0, 0.05) is 6.61 Å². The molecular formula is C12H15NO3S. The highest BCUT2D eigenvalue weighted by Crippen LogP contribution is 2.19. The topological polar surface area (TPSA) is 55.4 Å². The van der Waals surface area contributed by atoms with Crippen LogP contribution in [0.3, 0.4) is 0 Å². The van der Waals surface area contributed by atoms with E-state index in [1.807, 2.05) is 18.4 Å². The first-order valence-corrected chi connectivity index (χ1v) is 6.52. The highest BCUT2D eigenvalue weighted by molar-refractivity contribution is 7.12. The predicted octanol–water partition coefficient (Wildman–Crippen LogP) is 1.47. The van der Waals surface area contributed by atoms with Crippen molar-refractivity contribution < 1.29 is 14.3 Å². The Bertz CT molecular complexity index is 402. The number of carbonyl (C=O) groups is 2. The maximum Gasteiger partial charge on any atom is 0.249 e. The second-order valence-electron chi connectivity index (χ2n) is 4.18. The van der Waals surface area contributed by atoms with Crippen LogP contribution < -0.4 is 5.32 Å². The van der Waals surface area contributed by atoms with Gasteiger partial charge in [0.25, 0.3) is 0 Å². The van der Waals surface area contributed by atoms with Gasteiger partial charge in [-0.1, -0.05) is 13.0 Å². The van der Waals surface area contributed by atoms with Gasteiger partial charge >= 0.3 is 0 Å². The summed E-state index contributed by atoms with van der Waals surface area (Å²) in [5.74, 6) is -0.00857. The number of hydrogen-bond donors (Lipinski definition) is 1. The first-order chi connectivity index (χ1) is 8.18. The molecule has 0 aliphatic carbocycles. The van der Waals surface area contributed by atoms with Gasteiger partial charge in [-0.25, -0.2) is 0 Å². The van der Waals surface area contributed by atoms with Crippen molar-refractivity contribution in [3.8, 4) is 0 Å². The SMILES string of the molecule is C[C@@H]1CCO[C@@H]1C(=O)NCC(=O)c1cccs1. The van der Waals surface area contributed by atoms with E-state index in [-0.39, 0.29) is 24.2 Å². The third kappa shape index (κ3) is 2.92. The van der Waals surface area contributed by atoms with E-state index in [4.69, 9.17) is 4.74 Å². The van der Waals surface area contributed by atoms with E-state index in [2.05, 4.69) is 5.32 Å². The fraction of sp³-hybridized carbons (Fsp3) is 0.500. The van der Waals surface area contributed by atoms with E-state index in [1.54, 1.807) is 6.07 Å². The first-order valence-electron chi connectivity index (χ1n) is 5.64. The van der Waals surface area contributed by atoms with Crippen molar-refractivity contribution in [3.63, 3.8) is 0 Å². The standard InChI is InChI=1S/C12H15NO3S/c1-8-4-5-16-11(8)12(15)13-7-9(14)10-3-2-6-17-10/h2-3,6,8,11H,4-5,7H2,1H3,(H,13,15)/t8-,11+/m1/s1. The molecule has 1 saturated heterocycles. The van der Waals surface area contributed by atoms with Crippen LogP contribution in [0.2, 0.25) is 0 Å². The zero-order valence-corrected chi connectivity index (χ0v) is 10.5. The zero-order valence-electron chi connectivity index (χ0n) is 9.64. The maximum atomic E-state index is 11.7. The lowest BCUT2D eigenvalue weighted by Gasteiger charge is -2.13. The molecule has 0 bridgehead atoms. The second-order valence-corrected chi connectivity index (χ2v) is 5.12. The number of thiophene rings is 1. The number of rotatable bonds is 4. The maximum absolute atomic E-state index is 11.7. The van der Waals surface area contributed by atoms with E-state index < -0.39 is 6.10 Å². The van der Waals surface area contributed by atoms with Gasteiger partial charge in [-0.2, -0.15) is 0 Å². The molecular weight excluding hydrogens is 238 g/mol. The molecule has 0 aromatic carbocycles. The summed E-state index contributed by atoms with van der Waals surface area (Å²) < 4.78 is 5.33.